The largest absolute Gasteiger partial charge is 0.479 e. The molecule has 0 aliphatic carbocycles. The number of nitro benzene ring substituents is 1. The normalized spacial score (nSPS) is 25.1. The molecule has 2 aromatic rings. The highest BCUT2D eigenvalue weighted by Crippen LogP contribution is 2.50. The summed E-state index contributed by atoms with van der Waals surface area (Å²) in [5, 5.41) is 23.9. The highest BCUT2D eigenvalue weighted by Gasteiger charge is 2.56. The number of nitro groups is 1. The van der Waals surface area contributed by atoms with Crippen molar-refractivity contribution >= 4 is 28.9 Å². The van der Waals surface area contributed by atoms with Gasteiger partial charge >= 0.3 is 5.97 Å². The van der Waals surface area contributed by atoms with Crippen molar-refractivity contribution in [2.24, 2.45) is 0 Å². The summed E-state index contributed by atoms with van der Waals surface area (Å²) in [6.07, 6.45) is -2.03. The van der Waals surface area contributed by atoms with Gasteiger partial charge in [0.25, 0.3) is 5.69 Å². The van der Waals surface area contributed by atoms with E-state index in [1.54, 1.807) is 36.9 Å². The molecular formula is C24H27ClN2O8. The minimum absolute atomic E-state index is 0.172. The zero-order valence-electron chi connectivity index (χ0n) is 19.8. The van der Waals surface area contributed by atoms with Crippen LogP contribution in [-0.4, -0.2) is 60.9 Å². The quantitative estimate of drug-likeness (QED) is 0.260. The molecule has 2 aliphatic rings. The summed E-state index contributed by atoms with van der Waals surface area (Å²) in [7, 11) is 2.84. The lowest BCUT2D eigenvalue weighted by Gasteiger charge is -2.50. The van der Waals surface area contributed by atoms with Crippen LogP contribution < -0.4 is 9.64 Å². The molecule has 4 rings (SSSR count). The van der Waals surface area contributed by atoms with Crippen molar-refractivity contribution in [3.8, 4) is 5.75 Å². The Morgan fingerprint density at radius 1 is 1.31 bits per heavy atom. The molecule has 0 radical (unpaired) electrons. The lowest BCUT2D eigenvalue weighted by atomic mass is 9.83. The van der Waals surface area contributed by atoms with Crippen LogP contribution in [0.2, 0.25) is 5.02 Å². The van der Waals surface area contributed by atoms with Crippen molar-refractivity contribution in [2.75, 3.05) is 25.7 Å². The number of hydrogen-bond donors (Lipinski definition) is 1. The lowest BCUT2D eigenvalue weighted by molar-refractivity contribution is -0.385. The Kier molecular flexibility index (Phi) is 6.92. The summed E-state index contributed by atoms with van der Waals surface area (Å²) < 4.78 is 22.4. The molecule has 35 heavy (non-hydrogen) atoms. The van der Waals surface area contributed by atoms with Gasteiger partial charge in [0.2, 0.25) is 0 Å². The van der Waals surface area contributed by atoms with E-state index in [1.807, 2.05) is 0 Å². The number of halogens is 1. The molecule has 2 aromatic carbocycles. The van der Waals surface area contributed by atoms with Gasteiger partial charge in [-0.25, -0.2) is 4.79 Å². The van der Waals surface area contributed by atoms with Gasteiger partial charge in [-0.3, -0.25) is 10.1 Å². The van der Waals surface area contributed by atoms with Crippen molar-refractivity contribution in [3.05, 3.63) is 62.7 Å². The molecule has 0 saturated carbocycles. The fourth-order valence-corrected chi connectivity index (χ4v) is 5.23. The van der Waals surface area contributed by atoms with E-state index in [-0.39, 0.29) is 18.7 Å². The number of anilines is 1. The second kappa shape index (κ2) is 9.62. The molecule has 0 spiro atoms. The summed E-state index contributed by atoms with van der Waals surface area (Å²) >= 11 is 6.22. The van der Waals surface area contributed by atoms with E-state index in [1.165, 1.54) is 32.4 Å². The first-order valence-corrected chi connectivity index (χ1v) is 11.5. The first-order valence-electron chi connectivity index (χ1n) is 11.1. The van der Waals surface area contributed by atoms with Gasteiger partial charge in [0.1, 0.15) is 17.9 Å². The molecular weight excluding hydrogens is 480 g/mol. The molecule has 0 amide bonds. The van der Waals surface area contributed by atoms with Gasteiger partial charge in [-0.05, 0) is 43.7 Å². The first-order chi connectivity index (χ1) is 16.7. The number of non-ortho nitro benzene ring substituents is 1. The number of benzene rings is 2. The van der Waals surface area contributed by atoms with E-state index < -0.39 is 41.0 Å². The van der Waals surface area contributed by atoms with Crippen LogP contribution in [0.4, 0.5) is 11.4 Å². The van der Waals surface area contributed by atoms with Crippen molar-refractivity contribution in [1.82, 2.24) is 0 Å². The number of esters is 1. The Morgan fingerprint density at radius 3 is 2.66 bits per heavy atom. The minimum Gasteiger partial charge on any atom is -0.479 e. The summed E-state index contributed by atoms with van der Waals surface area (Å²) in [4.78, 5) is 25.9. The Balaban J connectivity index is 1.95. The number of fused-ring (bicyclic) bond motifs is 2. The monoisotopic (exact) mass is 506 g/mol. The van der Waals surface area contributed by atoms with Gasteiger partial charge < -0.3 is 29.0 Å². The van der Waals surface area contributed by atoms with E-state index in [0.29, 0.717) is 22.0 Å². The van der Waals surface area contributed by atoms with Gasteiger partial charge in [-0.15, -0.1) is 0 Å². The lowest BCUT2D eigenvalue weighted by Crippen LogP contribution is -2.63. The van der Waals surface area contributed by atoms with Crippen LogP contribution in [0.5, 0.6) is 5.75 Å². The van der Waals surface area contributed by atoms with Gasteiger partial charge in [-0.1, -0.05) is 11.6 Å². The SMILES string of the molecule is CCOC(=O)[C@@H]1Cc2cc(Cl)ccc2N1[C@@H]1c2cc([N+](=O)[O-])ccc2O[C@](C)(C(OC)OC)[C@H]1O. The molecule has 0 fully saturated rings. The Bertz CT molecular complexity index is 1140. The number of carbonyl (C=O) groups excluding carboxylic acids is 1. The number of methoxy groups -OCH3 is 2. The molecule has 11 heteroatoms. The van der Waals surface area contributed by atoms with E-state index in [2.05, 4.69) is 0 Å². The Morgan fingerprint density at radius 2 is 2.03 bits per heavy atom. The molecule has 0 bridgehead atoms. The number of ether oxygens (including phenoxy) is 4. The molecule has 1 N–H and O–H groups in total. The predicted octanol–water partition coefficient (Wildman–Crippen LogP) is 3.41. The maximum absolute atomic E-state index is 13.1. The third kappa shape index (κ3) is 4.20. The number of nitrogens with zero attached hydrogens (tertiary/aromatic N) is 2. The summed E-state index contributed by atoms with van der Waals surface area (Å²) in [6.45, 7) is 3.51. The minimum atomic E-state index is -1.42. The Hall–Kier alpha value is -2.92. The van der Waals surface area contributed by atoms with Crippen molar-refractivity contribution < 1.29 is 33.8 Å². The van der Waals surface area contributed by atoms with Crippen LogP contribution in [0.1, 0.15) is 31.0 Å². The van der Waals surface area contributed by atoms with Crippen LogP contribution in [0.25, 0.3) is 0 Å². The van der Waals surface area contributed by atoms with Crippen LogP contribution in [-0.2, 0) is 25.4 Å². The highest BCUT2D eigenvalue weighted by molar-refractivity contribution is 6.30. The summed E-state index contributed by atoms with van der Waals surface area (Å²) in [5.41, 5.74) is 0.201. The zero-order chi connectivity index (χ0) is 25.5. The fourth-order valence-electron chi connectivity index (χ4n) is 5.03. The molecule has 10 nitrogen and oxygen atoms in total. The number of aliphatic hydroxyl groups is 1. The van der Waals surface area contributed by atoms with Gasteiger partial charge in [-0.2, -0.15) is 0 Å². The zero-order valence-corrected chi connectivity index (χ0v) is 20.5. The molecule has 0 unspecified atom stereocenters. The highest BCUT2D eigenvalue weighted by atomic mass is 35.5. The van der Waals surface area contributed by atoms with E-state index >= 15 is 0 Å². The number of aliphatic hydroxyl groups excluding tert-OH is 1. The topological polar surface area (TPSA) is 121 Å². The van der Waals surface area contributed by atoms with Crippen LogP contribution in [0.15, 0.2) is 36.4 Å². The average Bonchev–Trinajstić information content (AvgIpc) is 3.18. The van der Waals surface area contributed by atoms with Gasteiger partial charge in [0.15, 0.2) is 11.9 Å². The maximum atomic E-state index is 13.1. The third-order valence-corrected chi connectivity index (χ3v) is 6.80. The number of rotatable bonds is 7. The first kappa shape index (κ1) is 25.2. The van der Waals surface area contributed by atoms with Crippen LogP contribution in [0.3, 0.4) is 0 Å². The molecule has 4 atom stereocenters. The van der Waals surface area contributed by atoms with Crippen LogP contribution in [0, 0.1) is 10.1 Å². The van der Waals surface area contributed by atoms with Gasteiger partial charge in [0, 0.05) is 49.0 Å². The average molecular weight is 507 g/mol. The maximum Gasteiger partial charge on any atom is 0.329 e. The number of carbonyl (C=O) groups is 1. The molecule has 188 valence electrons. The van der Waals surface area contributed by atoms with Crippen molar-refractivity contribution in [2.45, 2.75) is 50.3 Å². The molecule has 2 heterocycles. The van der Waals surface area contributed by atoms with Crippen molar-refractivity contribution in [3.63, 3.8) is 0 Å². The van der Waals surface area contributed by atoms with Crippen molar-refractivity contribution in [1.29, 1.82) is 0 Å². The second-order valence-electron chi connectivity index (χ2n) is 8.61. The van der Waals surface area contributed by atoms with Crippen LogP contribution >= 0.6 is 11.6 Å². The predicted molar refractivity (Wildman–Crippen MR) is 127 cm³/mol. The summed E-state index contributed by atoms with van der Waals surface area (Å²) in [5.74, 6) is -0.181. The number of hydrogen-bond acceptors (Lipinski definition) is 9. The molecule has 0 aromatic heterocycles. The second-order valence-corrected chi connectivity index (χ2v) is 9.05. The summed E-state index contributed by atoms with van der Waals surface area (Å²) in [6, 6.07) is 7.62. The molecule has 2 aliphatic heterocycles. The Labute approximate surface area is 207 Å². The molecule has 0 saturated heterocycles. The van der Waals surface area contributed by atoms with E-state index in [9.17, 15) is 20.0 Å². The smallest absolute Gasteiger partial charge is 0.329 e. The van der Waals surface area contributed by atoms with Gasteiger partial charge in [0.05, 0.1) is 17.6 Å². The van der Waals surface area contributed by atoms with E-state index in [4.69, 9.17) is 30.5 Å². The fraction of sp³-hybridized carbons (Fsp3) is 0.458. The third-order valence-electron chi connectivity index (χ3n) is 6.56. The van der Waals surface area contributed by atoms with E-state index in [0.717, 1.165) is 5.56 Å². The standard InChI is InChI=1S/C24H27ClN2O8/c1-5-34-22(29)18-11-13-10-14(25)6-8-17(13)26(18)20-16-12-15(27(30)31)7-9-19(16)35-24(2,21(20)28)23(32-3)33-4/h6-10,12,18,20-21,23,28H,5,11H2,1-4H3/t18-,20+,21-,24-/m0/s1.